The van der Waals surface area contributed by atoms with Gasteiger partial charge in [-0.25, -0.2) is 0 Å². The third-order valence-corrected chi connectivity index (χ3v) is 3.28. The second-order valence-corrected chi connectivity index (χ2v) is 4.40. The van der Waals surface area contributed by atoms with Gasteiger partial charge in [-0.2, -0.15) is 0 Å². The molecule has 100 valence electrons. The summed E-state index contributed by atoms with van der Waals surface area (Å²) in [6, 6.07) is 5.65. The molecule has 1 N–H and O–H groups in total. The van der Waals surface area contributed by atoms with Gasteiger partial charge in [-0.1, -0.05) is 19.9 Å². The van der Waals surface area contributed by atoms with Crippen LogP contribution in [0, 0.1) is 0 Å². The van der Waals surface area contributed by atoms with Gasteiger partial charge >= 0.3 is 0 Å². The molecule has 0 aliphatic carbocycles. The van der Waals surface area contributed by atoms with Crippen LogP contribution in [0.3, 0.4) is 0 Å². The lowest BCUT2D eigenvalue weighted by atomic mass is 10.1. The number of hydrogen-bond donors (Lipinski definition) is 1. The van der Waals surface area contributed by atoms with Crippen molar-refractivity contribution in [3.63, 3.8) is 0 Å². The lowest BCUT2D eigenvalue weighted by Crippen LogP contribution is -2.28. The summed E-state index contributed by atoms with van der Waals surface area (Å²) in [6.45, 7) is 7.89. The summed E-state index contributed by atoms with van der Waals surface area (Å²) >= 11 is 0. The summed E-state index contributed by atoms with van der Waals surface area (Å²) < 4.78 is 11.0. The number of aliphatic hydroxyl groups is 1. The number of fused-ring (bicyclic) bond motifs is 1. The first-order valence-electron chi connectivity index (χ1n) is 6.54. The van der Waals surface area contributed by atoms with Crippen LogP contribution in [0.4, 0.5) is 0 Å². The number of aliphatic hydroxyl groups excluding tert-OH is 1. The number of nitrogens with zero attached hydrogens (tertiary/aromatic N) is 1. The van der Waals surface area contributed by atoms with E-state index in [4.69, 9.17) is 9.47 Å². The standard InChI is InChI=1S/C14H21NO3/c1-3-15(4-2)10-12(16)11-5-6-13-14(9-11)18-8-7-17-13/h5-6,9,12,16H,3-4,7-8,10H2,1-2H3. The highest BCUT2D eigenvalue weighted by Gasteiger charge is 2.16. The maximum atomic E-state index is 10.2. The molecule has 1 unspecified atom stereocenters. The molecule has 1 atom stereocenters. The van der Waals surface area contributed by atoms with E-state index in [1.165, 1.54) is 0 Å². The van der Waals surface area contributed by atoms with Crippen molar-refractivity contribution in [2.24, 2.45) is 0 Å². The normalized spacial score (nSPS) is 15.8. The lowest BCUT2D eigenvalue weighted by molar-refractivity contribution is 0.118. The highest BCUT2D eigenvalue weighted by Crippen LogP contribution is 2.32. The van der Waals surface area contributed by atoms with Crippen molar-refractivity contribution in [3.05, 3.63) is 23.8 Å². The molecule has 0 spiro atoms. The van der Waals surface area contributed by atoms with Gasteiger partial charge in [0.2, 0.25) is 0 Å². The highest BCUT2D eigenvalue weighted by molar-refractivity contribution is 5.44. The third-order valence-electron chi connectivity index (χ3n) is 3.28. The van der Waals surface area contributed by atoms with E-state index in [1.807, 2.05) is 18.2 Å². The topological polar surface area (TPSA) is 41.9 Å². The van der Waals surface area contributed by atoms with Crippen LogP contribution in [0.15, 0.2) is 18.2 Å². The maximum absolute atomic E-state index is 10.2. The first kappa shape index (κ1) is 13.2. The minimum absolute atomic E-state index is 0.485. The molecule has 0 aromatic heterocycles. The summed E-state index contributed by atoms with van der Waals surface area (Å²) in [6.07, 6.45) is -0.485. The van der Waals surface area contributed by atoms with Gasteiger partial charge in [-0.15, -0.1) is 0 Å². The van der Waals surface area contributed by atoms with Crippen LogP contribution in [0.25, 0.3) is 0 Å². The van der Waals surface area contributed by atoms with E-state index in [1.54, 1.807) is 0 Å². The van der Waals surface area contributed by atoms with Gasteiger partial charge in [0.15, 0.2) is 11.5 Å². The van der Waals surface area contributed by atoms with E-state index in [9.17, 15) is 5.11 Å². The minimum Gasteiger partial charge on any atom is -0.486 e. The van der Waals surface area contributed by atoms with E-state index < -0.39 is 6.10 Å². The summed E-state index contributed by atoms with van der Waals surface area (Å²) in [7, 11) is 0. The number of hydrogen-bond acceptors (Lipinski definition) is 4. The molecule has 4 nitrogen and oxygen atoms in total. The van der Waals surface area contributed by atoms with Gasteiger partial charge in [0.25, 0.3) is 0 Å². The smallest absolute Gasteiger partial charge is 0.161 e. The predicted molar refractivity (Wildman–Crippen MR) is 70.2 cm³/mol. The highest BCUT2D eigenvalue weighted by atomic mass is 16.6. The van der Waals surface area contributed by atoms with Crippen LogP contribution in [-0.2, 0) is 0 Å². The fraction of sp³-hybridized carbons (Fsp3) is 0.571. The number of rotatable bonds is 5. The predicted octanol–water partition coefficient (Wildman–Crippen LogP) is 1.83. The average Bonchev–Trinajstić information content (AvgIpc) is 2.44. The molecule has 0 saturated heterocycles. The minimum atomic E-state index is -0.485. The Hall–Kier alpha value is -1.26. The Morgan fingerprint density at radius 3 is 2.50 bits per heavy atom. The number of benzene rings is 1. The second-order valence-electron chi connectivity index (χ2n) is 4.40. The first-order valence-corrected chi connectivity index (χ1v) is 6.54. The molecule has 4 heteroatoms. The Kier molecular flexibility index (Phi) is 4.44. The largest absolute Gasteiger partial charge is 0.486 e. The molecule has 0 radical (unpaired) electrons. The molecule has 2 rings (SSSR count). The van der Waals surface area contributed by atoms with Crippen molar-refractivity contribution in [1.82, 2.24) is 4.90 Å². The van der Waals surface area contributed by atoms with Gasteiger partial charge in [-0.05, 0) is 30.8 Å². The quantitative estimate of drug-likeness (QED) is 0.867. The Bertz CT molecular complexity index is 391. The van der Waals surface area contributed by atoms with Crippen LogP contribution in [0.2, 0.25) is 0 Å². The molecule has 0 bridgehead atoms. The summed E-state index contributed by atoms with van der Waals surface area (Å²) in [5, 5.41) is 10.2. The second kappa shape index (κ2) is 6.07. The van der Waals surface area contributed by atoms with E-state index in [2.05, 4.69) is 18.7 Å². The van der Waals surface area contributed by atoms with E-state index in [-0.39, 0.29) is 0 Å². The Morgan fingerprint density at radius 2 is 1.83 bits per heavy atom. The Labute approximate surface area is 108 Å². The Morgan fingerprint density at radius 1 is 1.17 bits per heavy atom. The molecule has 1 aromatic carbocycles. The molecule has 1 heterocycles. The molecule has 1 aromatic rings. The first-order chi connectivity index (χ1) is 8.74. The fourth-order valence-corrected chi connectivity index (χ4v) is 2.10. The molecule has 18 heavy (non-hydrogen) atoms. The van der Waals surface area contributed by atoms with E-state index >= 15 is 0 Å². The van der Waals surface area contributed by atoms with Crippen molar-refractivity contribution in [2.45, 2.75) is 20.0 Å². The van der Waals surface area contributed by atoms with Gasteiger partial charge < -0.3 is 19.5 Å². The van der Waals surface area contributed by atoms with Crippen molar-refractivity contribution < 1.29 is 14.6 Å². The zero-order valence-electron chi connectivity index (χ0n) is 11.1. The van der Waals surface area contributed by atoms with Crippen molar-refractivity contribution >= 4 is 0 Å². The van der Waals surface area contributed by atoms with Crippen LogP contribution in [0.1, 0.15) is 25.5 Å². The molecule has 1 aliphatic heterocycles. The van der Waals surface area contributed by atoms with E-state index in [0.29, 0.717) is 19.8 Å². The zero-order chi connectivity index (χ0) is 13.0. The number of ether oxygens (including phenoxy) is 2. The lowest BCUT2D eigenvalue weighted by Gasteiger charge is -2.24. The van der Waals surface area contributed by atoms with Crippen LogP contribution >= 0.6 is 0 Å². The van der Waals surface area contributed by atoms with Crippen molar-refractivity contribution in [2.75, 3.05) is 32.8 Å². The molecular weight excluding hydrogens is 230 g/mol. The van der Waals surface area contributed by atoms with Crippen LogP contribution in [0.5, 0.6) is 11.5 Å². The number of likely N-dealkylation sites (N-methyl/N-ethyl adjacent to an activating group) is 1. The van der Waals surface area contributed by atoms with Crippen molar-refractivity contribution in [1.29, 1.82) is 0 Å². The van der Waals surface area contributed by atoms with Crippen LogP contribution in [-0.4, -0.2) is 42.9 Å². The van der Waals surface area contributed by atoms with Crippen LogP contribution < -0.4 is 9.47 Å². The fourth-order valence-electron chi connectivity index (χ4n) is 2.10. The molecule has 0 fully saturated rings. The maximum Gasteiger partial charge on any atom is 0.161 e. The van der Waals surface area contributed by atoms with Gasteiger partial charge in [0.1, 0.15) is 13.2 Å². The summed E-state index contributed by atoms with van der Waals surface area (Å²) in [5.41, 5.74) is 0.881. The zero-order valence-corrected chi connectivity index (χ0v) is 11.1. The monoisotopic (exact) mass is 251 g/mol. The third kappa shape index (κ3) is 2.94. The molecule has 0 amide bonds. The van der Waals surface area contributed by atoms with Gasteiger partial charge in [-0.3, -0.25) is 0 Å². The molecule has 1 aliphatic rings. The summed E-state index contributed by atoms with van der Waals surface area (Å²) in [4.78, 5) is 2.20. The van der Waals surface area contributed by atoms with Gasteiger partial charge in [0.05, 0.1) is 6.10 Å². The SMILES string of the molecule is CCN(CC)CC(O)c1ccc2c(c1)OCCO2. The summed E-state index contributed by atoms with van der Waals surface area (Å²) in [5.74, 6) is 1.50. The average molecular weight is 251 g/mol. The Balaban J connectivity index is 2.08. The van der Waals surface area contributed by atoms with E-state index in [0.717, 1.165) is 30.2 Å². The van der Waals surface area contributed by atoms with Crippen molar-refractivity contribution in [3.8, 4) is 11.5 Å². The molecule has 0 saturated carbocycles. The van der Waals surface area contributed by atoms with Gasteiger partial charge in [0, 0.05) is 6.54 Å². The molecular formula is C14H21NO3.